The zero-order chi connectivity index (χ0) is 19.6. The Bertz CT molecular complexity index is 847. The third kappa shape index (κ3) is 4.48. The molecule has 0 radical (unpaired) electrons. The molecule has 0 aliphatic heterocycles. The molecule has 2 unspecified atom stereocenters. The summed E-state index contributed by atoms with van der Waals surface area (Å²) in [6.45, 7) is 2.03. The van der Waals surface area contributed by atoms with Crippen molar-refractivity contribution >= 4 is 23.2 Å². The van der Waals surface area contributed by atoms with Crippen LogP contribution in [0.15, 0.2) is 48.5 Å². The SMILES string of the molecule is CCc1ccc(NC(=O)C2CC2C(=O)Nc2ccccc2C(F)(F)F)cc1. The van der Waals surface area contributed by atoms with Gasteiger partial charge in [-0.05, 0) is 42.7 Å². The van der Waals surface area contributed by atoms with Crippen LogP contribution in [0.5, 0.6) is 0 Å². The Kier molecular flexibility index (Phi) is 5.21. The highest BCUT2D eigenvalue weighted by molar-refractivity contribution is 6.03. The van der Waals surface area contributed by atoms with Crippen LogP contribution >= 0.6 is 0 Å². The number of para-hydroxylation sites is 1. The predicted molar refractivity (Wildman–Crippen MR) is 96.1 cm³/mol. The van der Waals surface area contributed by atoms with Crippen LogP contribution in [-0.4, -0.2) is 11.8 Å². The number of aryl methyl sites for hydroxylation is 1. The summed E-state index contributed by atoms with van der Waals surface area (Å²) in [7, 11) is 0. The molecule has 0 spiro atoms. The van der Waals surface area contributed by atoms with Crippen molar-refractivity contribution in [3.63, 3.8) is 0 Å². The Labute approximate surface area is 154 Å². The van der Waals surface area contributed by atoms with E-state index in [1.165, 1.54) is 18.2 Å². The van der Waals surface area contributed by atoms with Crippen LogP contribution in [0, 0.1) is 11.8 Å². The molecule has 2 N–H and O–H groups in total. The van der Waals surface area contributed by atoms with Gasteiger partial charge in [0.15, 0.2) is 0 Å². The summed E-state index contributed by atoms with van der Waals surface area (Å²) in [4.78, 5) is 24.5. The minimum absolute atomic E-state index is 0.295. The first-order valence-electron chi connectivity index (χ1n) is 8.66. The molecule has 4 nitrogen and oxygen atoms in total. The van der Waals surface area contributed by atoms with Gasteiger partial charge < -0.3 is 10.6 Å². The second-order valence-electron chi connectivity index (χ2n) is 6.52. The lowest BCUT2D eigenvalue weighted by atomic mass is 10.1. The molecule has 1 fully saturated rings. The molecule has 27 heavy (non-hydrogen) atoms. The van der Waals surface area contributed by atoms with Gasteiger partial charge in [-0.3, -0.25) is 9.59 Å². The Morgan fingerprint density at radius 3 is 2.15 bits per heavy atom. The Morgan fingerprint density at radius 1 is 0.963 bits per heavy atom. The number of anilines is 2. The molecule has 2 amide bonds. The van der Waals surface area contributed by atoms with Crippen molar-refractivity contribution in [2.75, 3.05) is 10.6 Å². The molecule has 2 aromatic rings. The molecule has 7 heteroatoms. The van der Waals surface area contributed by atoms with E-state index in [1.807, 2.05) is 19.1 Å². The van der Waals surface area contributed by atoms with Gasteiger partial charge in [0, 0.05) is 5.69 Å². The third-order valence-electron chi connectivity index (χ3n) is 4.58. The molecule has 2 atom stereocenters. The Hall–Kier alpha value is -2.83. The molecule has 2 aromatic carbocycles. The summed E-state index contributed by atoms with van der Waals surface area (Å²) in [5, 5.41) is 5.04. The summed E-state index contributed by atoms with van der Waals surface area (Å²) < 4.78 is 39.0. The smallest absolute Gasteiger partial charge is 0.326 e. The van der Waals surface area contributed by atoms with Gasteiger partial charge in [-0.15, -0.1) is 0 Å². The molecular weight excluding hydrogens is 357 g/mol. The molecule has 0 saturated heterocycles. The summed E-state index contributed by atoms with van der Waals surface area (Å²) in [6, 6.07) is 12.2. The van der Waals surface area contributed by atoms with Crippen LogP contribution in [0.2, 0.25) is 0 Å². The van der Waals surface area contributed by atoms with Gasteiger partial charge in [0.25, 0.3) is 0 Å². The first kappa shape index (κ1) is 18.9. The fourth-order valence-electron chi connectivity index (χ4n) is 2.90. The maximum atomic E-state index is 13.0. The molecular formula is C20H19F3N2O2. The Morgan fingerprint density at radius 2 is 1.56 bits per heavy atom. The number of benzene rings is 2. The van der Waals surface area contributed by atoms with E-state index < -0.39 is 29.5 Å². The van der Waals surface area contributed by atoms with Gasteiger partial charge in [0.05, 0.1) is 23.1 Å². The average Bonchev–Trinajstić information content (AvgIpc) is 3.43. The normalized spacial score (nSPS) is 18.7. The zero-order valence-electron chi connectivity index (χ0n) is 14.6. The van der Waals surface area contributed by atoms with Crippen molar-refractivity contribution in [1.29, 1.82) is 0 Å². The standard InChI is InChI=1S/C20H19F3N2O2/c1-2-12-7-9-13(10-8-12)24-18(26)14-11-15(14)19(27)25-17-6-4-3-5-16(17)20(21,22)23/h3-10,14-15H,2,11H2,1H3,(H,24,26)(H,25,27). The summed E-state index contributed by atoms with van der Waals surface area (Å²) >= 11 is 0. The third-order valence-corrected chi connectivity index (χ3v) is 4.58. The van der Waals surface area contributed by atoms with Crippen molar-refractivity contribution in [2.45, 2.75) is 25.9 Å². The number of hydrogen-bond acceptors (Lipinski definition) is 2. The van der Waals surface area contributed by atoms with E-state index in [9.17, 15) is 22.8 Å². The number of nitrogens with one attached hydrogen (secondary N) is 2. The van der Waals surface area contributed by atoms with Crippen LogP contribution in [0.4, 0.5) is 24.5 Å². The summed E-state index contributed by atoms with van der Waals surface area (Å²) in [5.74, 6) is -2.04. The lowest BCUT2D eigenvalue weighted by Gasteiger charge is -2.13. The first-order valence-corrected chi connectivity index (χ1v) is 8.66. The van der Waals surface area contributed by atoms with Crippen LogP contribution in [0.3, 0.4) is 0 Å². The minimum atomic E-state index is -4.56. The zero-order valence-corrected chi connectivity index (χ0v) is 14.6. The monoisotopic (exact) mass is 376 g/mol. The van der Waals surface area contributed by atoms with Gasteiger partial charge in [-0.25, -0.2) is 0 Å². The molecule has 0 heterocycles. The quantitative estimate of drug-likeness (QED) is 0.808. The molecule has 142 valence electrons. The number of halogens is 3. The van der Waals surface area contributed by atoms with Gasteiger partial charge in [0.2, 0.25) is 11.8 Å². The van der Waals surface area contributed by atoms with E-state index in [1.54, 1.807) is 12.1 Å². The number of rotatable bonds is 5. The molecule has 3 rings (SSSR count). The molecule has 0 aromatic heterocycles. The second kappa shape index (κ2) is 7.42. The second-order valence-corrected chi connectivity index (χ2v) is 6.52. The highest BCUT2D eigenvalue weighted by Gasteiger charge is 2.48. The summed E-state index contributed by atoms with van der Waals surface area (Å²) in [5.41, 5.74) is 0.568. The number of carbonyl (C=O) groups excluding carboxylic acids is 2. The van der Waals surface area contributed by atoms with Gasteiger partial charge in [-0.2, -0.15) is 13.2 Å². The van der Waals surface area contributed by atoms with E-state index >= 15 is 0 Å². The maximum absolute atomic E-state index is 13.0. The minimum Gasteiger partial charge on any atom is -0.326 e. The average molecular weight is 376 g/mol. The lowest BCUT2D eigenvalue weighted by Crippen LogP contribution is -2.22. The lowest BCUT2D eigenvalue weighted by molar-refractivity contribution is -0.137. The van der Waals surface area contributed by atoms with Crippen LogP contribution in [0.25, 0.3) is 0 Å². The Balaban J connectivity index is 1.60. The van der Waals surface area contributed by atoms with Crippen molar-refractivity contribution in [3.05, 3.63) is 59.7 Å². The maximum Gasteiger partial charge on any atom is 0.418 e. The molecule has 1 aliphatic carbocycles. The van der Waals surface area contributed by atoms with E-state index in [4.69, 9.17) is 0 Å². The van der Waals surface area contributed by atoms with Gasteiger partial charge in [0.1, 0.15) is 0 Å². The molecule has 1 aliphatic rings. The van der Waals surface area contributed by atoms with E-state index in [0.29, 0.717) is 12.1 Å². The topological polar surface area (TPSA) is 58.2 Å². The fourth-order valence-corrected chi connectivity index (χ4v) is 2.90. The highest BCUT2D eigenvalue weighted by atomic mass is 19.4. The van der Waals surface area contributed by atoms with E-state index in [0.717, 1.165) is 18.1 Å². The number of carbonyl (C=O) groups is 2. The van der Waals surface area contributed by atoms with Crippen LogP contribution < -0.4 is 10.6 Å². The van der Waals surface area contributed by atoms with Crippen molar-refractivity contribution in [1.82, 2.24) is 0 Å². The first-order chi connectivity index (χ1) is 12.8. The van der Waals surface area contributed by atoms with E-state index in [2.05, 4.69) is 10.6 Å². The van der Waals surface area contributed by atoms with Crippen molar-refractivity contribution in [3.8, 4) is 0 Å². The van der Waals surface area contributed by atoms with E-state index in [-0.39, 0.29) is 11.6 Å². The number of hydrogen-bond donors (Lipinski definition) is 2. The largest absolute Gasteiger partial charge is 0.418 e. The van der Waals surface area contributed by atoms with Gasteiger partial charge >= 0.3 is 6.18 Å². The predicted octanol–water partition coefficient (Wildman–Crippen LogP) is 4.48. The van der Waals surface area contributed by atoms with Crippen LogP contribution in [0.1, 0.15) is 24.5 Å². The van der Waals surface area contributed by atoms with Gasteiger partial charge in [-0.1, -0.05) is 31.2 Å². The number of amides is 2. The molecule has 0 bridgehead atoms. The summed E-state index contributed by atoms with van der Waals surface area (Å²) in [6.07, 6.45) is -3.35. The number of alkyl halides is 3. The molecule has 1 saturated carbocycles. The fraction of sp³-hybridized carbons (Fsp3) is 0.300. The van der Waals surface area contributed by atoms with Crippen molar-refractivity contribution in [2.24, 2.45) is 11.8 Å². The highest BCUT2D eigenvalue weighted by Crippen LogP contribution is 2.41. The van der Waals surface area contributed by atoms with Crippen LogP contribution in [-0.2, 0) is 22.2 Å². The van der Waals surface area contributed by atoms with Crippen molar-refractivity contribution < 1.29 is 22.8 Å².